The van der Waals surface area contributed by atoms with Crippen LogP contribution < -0.4 is 0 Å². The number of aliphatic hydroxyl groups excluding tert-OH is 1. The third-order valence-electron chi connectivity index (χ3n) is 3.10. The highest BCUT2D eigenvalue weighted by molar-refractivity contribution is 4.88. The van der Waals surface area contributed by atoms with E-state index in [1.54, 1.807) is 0 Å². The molecule has 23 heavy (non-hydrogen) atoms. The second-order valence-electron chi connectivity index (χ2n) is 9.53. The van der Waals surface area contributed by atoms with E-state index in [0.717, 1.165) is 0 Å². The largest absolute Gasteiger partial charge is 0.387 e. The van der Waals surface area contributed by atoms with Gasteiger partial charge in [-0.05, 0) is 47.0 Å². The normalized spacial score (nSPS) is 30.5. The maximum absolute atomic E-state index is 10.7. The Hall–Kier alpha value is -0.200. The van der Waals surface area contributed by atoms with Crippen LogP contribution in [-0.2, 0) is 18.9 Å². The average molecular weight is 332 g/mol. The molecule has 138 valence electrons. The van der Waals surface area contributed by atoms with Crippen LogP contribution in [-0.4, -0.2) is 54.1 Å². The molecule has 0 aliphatic carbocycles. The van der Waals surface area contributed by atoms with Gasteiger partial charge in [-0.15, -0.1) is 0 Å². The van der Waals surface area contributed by atoms with Crippen LogP contribution in [0.3, 0.4) is 0 Å². The third kappa shape index (κ3) is 7.94. The van der Waals surface area contributed by atoms with Gasteiger partial charge in [0.2, 0.25) is 0 Å². The van der Waals surface area contributed by atoms with Gasteiger partial charge in [0.1, 0.15) is 18.3 Å². The molecule has 0 saturated carbocycles. The lowest BCUT2D eigenvalue weighted by Gasteiger charge is -2.44. The molecule has 0 aromatic heterocycles. The average Bonchev–Trinajstić information content (AvgIpc) is 2.28. The molecule has 1 rings (SSSR count). The summed E-state index contributed by atoms with van der Waals surface area (Å²) in [6.45, 7) is 18.9. The van der Waals surface area contributed by atoms with Gasteiger partial charge in [-0.1, -0.05) is 20.8 Å². The van der Waals surface area contributed by atoms with Crippen molar-refractivity contribution in [3.63, 3.8) is 0 Å². The highest BCUT2D eigenvalue weighted by Crippen LogP contribution is 2.29. The van der Waals surface area contributed by atoms with E-state index in [1.807, 2.05) is 41.5 Å². The number of hydrogen-bond acceptors (Lipinski definition) is 5. The Labute approximate surface area is 141 Å². The van der Waals surface area contributed by atoms with Crippen molar-refractivity contribution in [1.82, 2.24) is 0 Å². The molecule has 1 saturated heterocycles. The number of rotatable bonds is 4. The lowest BCUT2D eigenvalue weighted by atomic mass is 9.97. The second-order valence-corrected chi connectivity index (χ2v) is 9.53. The van der Waals surface area contributed by atoms with E-state index in [0.29, 0.717) is 13.2 Å². The predicted molar refractivity (Wildman–Crippen MR) is 90.4 cm³/mol. The first-order valence-electron chi connectivity index (χ1n) is 8.45. The van der Waals surface area contributed by atoms with Crippen molar-refractivity contribution in [3.8, 4) is 0 Å². The molecular formula is C18H36O5. The quantitative estimate of drug-likeness (QED) is 0.857. The van der Waals surface area contributed by atoms with Crippen molar-refractivity contribution < 1.29 is 24.1 Å². The third-order valence-corrected chi connectivity index (χ3v) is 3.10. The zero-order valence-corrected chi connectivity index (χ0v) is 16.3. The Bertz CT molecular complexity index is 361. The summed E-state index contributed by atoms with van der Waals surface area (Å²) in [6.07, 6.45) is -2.41. The Morgan fingerprint density at radius 3 is 1.87 bits per heavy atom. The minimum atomic E-state index is -0.794. The molecular weight excluding hydrogens is 296 g/mol. The molecule has 0 aromatic carbocycles. The molecule has 5 heteroatoms. The first kappa shape index (κ1) is 20.8. The fourth-order valence-corrected chi connectivity index (χ4v) is 2.24. The van der Waals surface area contributed by atoms with Gasteiger partial charge in [0.25, 0.3) is 0 Å². The predicted octanol–water partition coefficient (Wildman–Crippen LogP) is 3.13. The molecule has 1 aliphatic rings. The molecule has 4 unspecified atom stereocenters. The van der Waals surface area contributed by atoms with E-state index in [4.69, 9.17) is 18.9 Å². The van der Waals surface area contributed by atoms with E-state index >= 15 is 0 Å². The van der Waals surface area contributed by atoms with Gasteiger partial charge in [-0.2, -0.15) is 0 Å². The van der Waals surface area contributed by atoms with Gasteiger partial charge < -0.3 is 24.1 Å². The molecule has 0 amide bonds. The van der Waals surface area contributed by atoms with E-state index in [1.165, 1.54) is 0 Å². The van der Waals surface area contributed by atoms with Crippen LogP contribution in [0.4, 0.5) is 0 Å². The van der Waals surface area contributed by atoms with Crippen LogP contribution in [0.2, 0.25) is 0 Å². The van der Waals surface area contributed by atoms with Crippen molar-refractivity contribution in [2.45, 2.75) is 98.1 Å². The van der Waals surface area contributed by atoms with E-state index in [2.05, 4.69) is 20.8 Å². The van der Waals surface area contributed by atoms with Crippen molar-refractivity contribution in [2.75, 3.05) is 13.2 Å². The molecule has 1 aliphatic heterocycles. The highest BCUT2D eigenvalue weighted by atomic mass is 16.7. The van der Waals surface area contributed by atoms with E-state index < -0.39 is 30.2 Å². The second kappa shape index (κ2) is 7.36. The monoisotopic (exact) mass is 332 g/mol. The summed E-state index contributed by atoms with van der Waals surface area (Å²) in [6, 6.07) is 0. The molecule has 0 aromatic rings. The van der Waals surface area contributed by atoms with Crippen LogP contribution in [0.15, 0.2) is 0 Å². The summed E-state index contributed by atoms with van der Waals surface area (Å²) >= 11 is 0. The molecule has 1 N–H and O–H groups in total. The fourth-order valence-electron chi connectivity index (χ4n) is 2.24. The van der Waals surface area contributed by atoms with Gasteiger partial charge in [0, 0.05) is 0 Å². The Morgan fingerprint density at radius 2 is 1.43 bits per heavy atom. The van der Waals surface area contributed by atoms with Crippen molar-refractivity contribution in [3.05, 3.63) is 0 Å². The van der Waals surface area contributed by atoms with Crippen LogP contribution in [0, 0.1) is 5.41 Å². The van der Waals surface area contributed by atoms with Crippen LogP contribution in [0.5, 0.6) is 0 Å². The molecule has 1 fully saturated rings. The summed E-state index contributed by atoms with van der Waals surface area (Å²) in [7, 11) is 0. The molecule has 1 heterocycles. The van der Waals surface area contributed by atoms with Crippen LogP contribution in [0.1, 0.15) is 62.3 Å². The fraction of sp³-hybridized carbons (Fsp3) is 1.00. The lowest BCUT2D eigenvalue weighted by Crippen LogP contribution is -2.59. The number of aliphatic hydroxyl groups is 1. The van der Waals surface area contributed by atoms with Crippen molar-refractivity contribution in [1.29, 1.82) is 0 Å². The SMILES string of the molecule is CC(C)(C)COC1COC(OC(C)(C)C)C(OC(C)(C)C)C1O. The number of ether oxygens (including phenoxy) is 4. The van der Waals surface area contributed by atoms with Crippen molar-refractivity contribution >= 4 is 0 Å². The maximum atomic E-state index is 10.7. The van der Waals surface area contributed by atoms with Crippen molar-refractivity contribution in [2.24, 2.45) is 5.41 Å². The zero-order chi connectivity index (χ0) is 18.1. The summed E-state index contributed by atoms with van der Waals surface area (Å²) in [4.78, 5) is 0. The summed E-state index contributed by atoms with van der Waals surface area (Å²) in [5.41, 5.74) is -0.776. The van der Waals surface area contributed by atoms with E-state index in [9.17, 15) is 5.11 Å². The minimum absolute atomic E-state index is 0.0266. The van der Waals surface area contributed by atoms with Gasteiger partial charge in [-0.3, -0.25) is 0 Å². The zero-order valence-electron chi connectivity index (χ0n) is 16.3. The Kier molecular flexibility index (Phi) is 6.67. The van der Waals surface area contributed by atoms with Gasteiger partial charge in [0.05, 0.1) is 24.4 Å². The summed E-state index contributed by atoms with van der Waals surface area (Å²) in [5.74, 6) is 0. The topological polar surface area (TPSA) is 57.2 Å². The van der Waals surface area contributed by atoms with E-state index in [-0.39, 0.29) is 11.0 Å². The van der Waals surface area contributed by atoms with Crippen LogP contribution in [0.25, 0.3) is 0 Å². The molecule has 0 bridgehead atoms. The molecule has 0 radical (unpaired) electrons. The highest BCUT2D eigenvalue weighted by Gasteiger charge is 2.45. The minimum Gasteiger partial charge on any atom is -0.387 e. The maximum Gasteiger partial charge on any atom is 0.187 e. The summed E-state index contributed by atoms with van der Waals surface area (Å²) in [5, 5.41) is 10.7. The van der Waals surface area contributed by atoms with Gasteiger partial charge in [0.15, 0.2) is 6.29 Å². The lowest BCUT2D eigenvalue weighted by molar-refractivity contribution is -0.322. The smallest absolute Gasteiger partial charge is 0.187 e. The van der Waals surface area contributed by atoms with Gasteiger partial charge >= 0.3 is 0 Å². The van der Waals surface area contributed by atoms with Crippen LogP contribution >= 0.6 is 0 Å². The summed E-state index contributed by atoms with van der Waals surface area (Å²) < 4.78 is 23.7. The first-order chi connectivity index (χ1) is 10.2. The molecule has 4 atom stereocenters. The number of hydrogen-bond donors (Lipinski definition) is 1. The van der Waals surface area contributed by atoms with Gasteiger partial charge in [-0.25, -0.2) is 0 Å². The molecule has 0 spiro atoms. The first-order valence-corrected chi connectivity index (χ1v) is 8.45. The molecule has 5 nitrogen and oxygen atoms in total. The standard InChI is InChI=1S/C18H36O5/c1-16(2,3)11-21-12-10-20-15(23-18(7,8)9)14(13(12)19)22-17(4,5)6/h12-15,19H,10-11H2,1-9H3. The Balaban J connectivity index is 2.82. The Morgan fingerprint density at radius 1 is 0.913 bits per heavy atom.